The van der Waals surface area contributed by atoms with Crippen molar-refractivity contribution in [2.24, 2.45) is 0 Å². The van der Waals surface area contributed by atoms with Gasteiger partial charge in [0, 0.05) is 19.3 Å². The molecule has 5 nitrogen and oxygen atoms in total. The van der Waals surface area contributed by atoms with E-state index in [0.717, 1.165) is 18.4 Å². The Morgan fingerprint density at radius 2 is 2.14 bits per heavy atom. The molecule has 2 heterocycles. The van der Waals surface area contributed by atoms with Crippen LogP contribution in [0.1, 0.15) is 39.2 Å². The molecule has 1 amide bonds. The number of carbonyl (C=O) groups excluding carboxylic acids is 1. The SMILES string of the molecule is Cc1ccc([S@](=O)[C@@H]2CCCN(C(=O)OC(C)(C)C)C2)nc1. The molecule has 0 spiro atoms. The number of rotatable bonds is 2. The Morgan fingerprint density at radius 3 is 2.73 bits per heavy atom. The van der Waals surface area contributed by atoms with Gasteiger partial charge >= 0.3 is 6.09 Å². The molecule has 1 aromatic rings. The molecule has 2 rings (SSSR count). The number of likely N-dealkylation sites (tertiary alicyclic amines) is 1. The minimum atomic E-state index is -1.20. The van der Waals surface area contributed by atoms with Gasteiger partial charge in [-0.1, -0.05) is 6.07 Å². The van der Waals surface area contributed by atoms with Crippen molar-refractivity contribution in [1.29, 1.82) is 0 Å². The van der Waals surface area contributed by atoms with E-state index in [9.17, 15) is 9.00 Å². The van der Waals surface area contributed by atoms with E-state index >= 15 is 0 Å². The fraction of sp³-hybridized carbons (Fsp3) is 0.625. The Morgan fingerprint density at radius 1 is 1.41 bits per heavy atom. The topological polar surface area (TPSA) is 59.5 Å². The molecule has 1 saturated heterocycles. The van der Waals surface area contributed by atoms with E-state index in [0.29, 0.717) is 18.1 Å². The average Bonchev–Trinajstić information content (AvgIpc) is 2.46. The zero-order valence-electron chi connectivity index (χ0n) is 13.7. The van der Waals surface area contributed by atoms with Crippen LogP contribution in [0.3, 0.4) is 0 Å². The lowest BCUT2D eigenvalue weighted by atomic mass is 10.1. The highest BCUT2D eigenvalue weighted by Crippen LogP contribution is 2.21. The first-order chi connectivity index (χ1) is 10.3. The fourth-order valence-electron chi connectivity index (χ4n) is 2.35. The second-order valence-electron chi connectivity index (χ2n) is 6.66. The molecule has 0 aliphatic carbocycles. The molecule has 122 valence electrons. The molecule has 1 aliphatic heterocycles. The summed E-state index contributed by atoms with van der Waals surface area (Å²) in [6.07, 6.45) is 3.07. The summed E-state index contributed by atoms with van der Waals surface area (Å²) in [7, 11) is -1.20. The summed E-state index contributed by atoms with van der Waals surface area (Å²) in [5.74, 6) is 0. The van der Waals surface area contributed by atoms with Crippen LogP contribution in [0.5, 0.6) is 0 Å². The van der Waals surface area contributed by atoms with Crippen LogP contribution >= 0.6 is 0 Å². The van der Waals surface area contributed by atoms with Crippen LogP contribution in [-0.4, -0.2) is 44.1 Å². The maximum Gasteiger partial charge on any atom is 0.410 e. The van der Waals surface area contributed by atoms with Gasteiger partial charge in [-0.3, -0.25) is 4.21 Å². The molecule has 1 aromatic heterocycles. The van der Waals surface area contributed by atoms with Crippen LogP contribution in [0, 0.1) is 6.92 Å². The molecule has 1 aliphatic rings. The van der Waals surface area contributed by atoms with Gasteiger partial charge in [0.25, 0.3) is 0 Å². The molecule has 22 heavy (non-hydrogen) atoms. The van der Waals surface area contributed by atoms with Crippen LogP contribution < -0.4 is 0 Å². The third kappa shape index (κ3) is 4.53. The second kappa shape index (κ2) is 6.77. The molecule has 1 fully saturated rings. The number of nitrogens with zero attached hydrogens (tertiary/aromatic N) is 2. The monoisotopic (exact) mass is 324 g/mol. The van der Waals surface area contributed by atoms with E-state index in [1.54, 1.807) is 17.2 Å². The number of piperidine rings is 1. The standard InChI is InChI=1S/C16H24N2O3S/c1-12-7-8-14(17-10-12)22(20)13-6-5-9-18(11-13)15(19)21-16(2,3)4/h7-8,10,13H,5-6,9,11H2,1-4H3/t13-,22-/m1/s1. The van der Waals surface area contributed by atoms with Crippen molar-refractivity contribution in [3.63, 3.8) is 0 Å². The van der Waals surface area contributed by atoms with Gasteiger partial charge in [0.05, 0.1) is 16.0 Å². The number of ether oxygens (including phenoxy) is 1. The summed E-state index contributed by atoms with van der Waals surface area (Å²) in [5, 5.41) is 0.498. The van der Waals surface area contributed by atoms with Gasteiger partial charge in [0.2, 0.25) is 0 Å². The van der Waals surface area contributed by atoms with Gasteiger partial charge in [-0.05, 0) is 52.2 Å². The average molecular weight is 324 g/mol. The number of amides is 1. The number of aromatic nitrogens is 1. The van der Waals surface area contributed by atoms with Crippen molar-refractivity contribution < 1.29 is 13.7 Å². The van der Waals surface area contributed by atoms with Gasteiger partial charge in [-0.25, -0.2) is 9.78 Å². The maximum atomic E-state index is 12.6. The second-order valence-corrected chi connectivity index (χ2v) is 8.34. The molecule has 0 N–H and O–H groups in total. The van der Waals surface area contributed by atoms with Crippen molar-refractivity contribution in [3.8, 4) is 0 Å². The number of hydrogen-bond donors (Lipinski definition) is 0. The van der Waals surface area contributed by atoms with Crippen LogP contribution in [0.15, 0.2) is 23.4 Å². The molecular weight excluding hydrogens is 300 g/mol. The largest absolute Gasteiger partial charge is 0.444 e. The lowest BCUT2D eigenvalue weighted by molar-refractivity contribution is 0.0219. The van der Waals surface area contributed by atoms with Crippen LogP contribution in [0.25, 0.3) is 0 Å². The van der Waals surface area contributed by atoms with Gasteiger partial charge in [0.15, 0.2) is 0 Å². The molecule has 0 radical (unpaired) electrons. The lowest BCUT2D eigenvalue weighted by Crippen LogP contribution is -2.45. The van der Waals surface area contributed by atoms with Crippen LogP contribution in [0.2, 0.25) is 0 Å². The third-order valence-electron chi connectivity index (χ3n) is 3.42. The van der Waals surface area contributed by atoms with Crippen LogP contribution in [0.4, 0.5) is 4.79 Å². The molecule has 6 heteroatoms. The molecule has 0 unspecified atom stereocenters. The Labute approximate surface area is 134 Å². The van der Waals surface area contributed by atoms with E-state index in [-0.39, 0.29) is 11.3 Å². The highest BCUT2D eigenvalue weighted by molar-refractivity contribution is 7.85. The minimum Gasteiger partial charge on any atom is -0.444 e. The number of aryl methyl sites for hydroxylation is 1. The van der Waals surface area contributed by atoms with Crippen molar-refractivity contribution >= 4 is 16.9 Å². The summed E-state index contributed by atoms with van der Waals surface area (Å²) < 4.78 is 18.0. The Hall–Kier alpha value is -1.43. The normalized spacial score (nSPS) is 20.5. The summed E-state index contributed by atoms with van der Waals surface area (Å²) in [4.78, 5) is 18.1. The van der Waals surface area contributed by atoms with E-state index in [1.165, 1.54) is 0 Å². The smallest absolute Gasteiger partial charge is 0.410 e. The van der Waals surface area contributed by atoms with Gasteiger partial charge in [-0.2, -0.15) is 0 Å². The fourth-order valence-corrected chi connectivity index (χ4v) is 3.75. The minimum absolute atomic E-state index is 0.0866. The Kier molecular flexibility index (Phi) is 5.21. The van der Waals surface area contributed by atoms with E-state index < -0.39 is 16.4 Å². The van der Waals surface area contributed by atoms with Gasteiger partial charge in [0.1, 0.15) is 10.6 Å². The predicted octanol–water partition coefficient (Wildman–Crippen LogP) is 2.90. The molecule has 0 saturated carbocycles. The number of hydrogen-bond acceptors (Lipinski definition) is 4. The van der Waals surface area contributed by atoms with Crippen LogP contribution in [-0.2, 0) is 15.5 Å². The Balaban J connectivity index is 2.02. The molecule has 2 atom stereocenters. The number of carbonyl (C=O) groups is 1. The first-order valence-corrected chi connectivity index (χ1v) is 8.79. The first kappa shape index (κ1) is 16.9. The van der Waals surface area contributed by atoms with E-state index in [1.807, 2.05) is 33.8 Å². The highest BCUT2D eigenvalue weighted by atomic mass is 32.2. The summed E-state index contributed by atoms with van der Waals surface area (Å²) in [5.41, 5.74) is 0.529. The zero-order valence-corrected chi connectivity index (χ0v) is 14.5. The maximum absolute atomic E-state index is 12.6. The summed E-state index contributed by atoms with van der Waals surface area (Å²) in [6, 6.07) is 3.71. The highest BCUT2D eigenvalue weighted by Gasteiger charge is 2.31. The van der Waals surface area contributed by atoms with Crippen molar-refractivity contribution in [3.05, 3.63) is 23.9 Å². The number of pyridine rings is 1. The van der Waals surface area contributed by atoms with E-state index in [4.69, 9.17) is 4.74 Å². The van der Waals surface area contributed by atoms with Crippen molar-refractivity contribution in [2.45, 2.75) is 56.4 Å². The van der Waals surface area contributed by atoms with E-state index in [2.05, 4.69) is 4.98 Å². The lowest BCUT2D eigenvalue weighted by Gasteiger charge is -2.33. The molecule has 0 aromatic carbocycles. The molecule has 0 bridgehead atoms. The Bertz CT molecular complexity index is 552. The summed E-state index contributed by atoms with van der Waals surface area (Å²) >= 11 is 0. The first-order valence-electron chi connectivity index (χ1n) is 7.57. The van der Waals surface area contributed by atoms with Crippen molar-refractivity contribution in [2.75, 3.05) is 13.1 Å². The van der Waals surface area contributed by atoms with Gasteiger partial charge in [-0.15, -0.1) is 0 Å². The predicted molar refractivity (Wildman–Crippen MR) is 86.2 cm³/mol. The summed E-state index contributed by atoms with van der Waals surface area (Å²) in [6.45, 7) is 8.60. The zero-order chi connectivity index (χ0) is 16.3. The van der Waals surface area contributed by atoms with Crippen molar-refractivity contribution in [1.82, 2.24) is 9.88 Å². The third-order valence-corrected chi connectivity index (χ3v) is 5.07. The van der Waals surface area contributed by atoms with Gasteiger partial charge < -0.3 is 9.64 Å². The quantitative estimate of drug-likeness (QED) is 0.839. The molecular formula is C16H24N2O3S.